The molecular formula is N12O2V2. The number of hydrogen-bond acceptors (Lipinski definition) is 2. The van der Waals surface area contributed by atoms with Crippen LogP contribution in [0.15, 0.2) is 0 Å². The van der Waals surface area contributed by atoms with Crippen molar-refractivity contribution in [2.45, 2.75) is 0 Å². The third-order valence-corrected chi connectivity index (χ3v) is 0. The summed E-state index contributed by atoms with van der Waals surface area (Å²) in [5, 5.41) is 0. The van der Waals surface area contributed by atoms with Crippen molar-refractivity contribution in [1.29, 1.82) is 0 Å². The summed E-state index contributed by atoms with van der Waals surface area (Å²) in [4.78, 5) is 6.00. The van der Waals surface area contributed by atoms with Crippen LogP contribution in [0.1, 0.15) is 0 Å². The van der Waals surface area contributed by atoms with E-state index in [0.717, 1.165) is 34.7 Å². The maximum absolute atomic E-state index is 8.19. The van der Waals surface area contributed by atoms with Crippen molar-refractivity contribution in [3.8, 4) is 0 Å². The van der Waals surface area contributed by atoms with Gasteiger partial charge in [0.05, 0.1) is 0 Å². The Morgan fingerprint density at radius 1 is 0.438 bits per heavy atom. The molecule has 0 heterocycles. The molecule has 0 fully saturated rings. The molecule has 0 saturated carbocycles. The Kier molecular flexibility index (Phi) is 1070. The van der Waals surface area contributed by atoms with Crippen molar-refractivity contribution in [1.82, 2.24) is 0 Å². The maximum atomic E-state index is 8.19. The van der Waals surface area contributed by atoms with Gasteiger partial charge in [0.15, 0.2) is 0 Å². The molecule has 0 radical (unpaired) electrons. The number of hydrogen-bond donors (Lipinski definition) is 0. The Balaban J connectivity index is -0.0000000190. The quantitative estimate of drug-likeness (QED) is 0.370. The van der Waals surface area contributed by atoms with Crippen molar-refractivity contribution in [3.63, 3.8) is 0 Å². The first kappa shape index (κ1) is 37.0. The van der Waals surface area contributed by atoms with Gasteiger partial charge in [-0.2, -0.15) is 0 Å². The second kappa shape index (κ2) is 465. The Bertz CT molecular complexity index is 171. The fourth-order valence-electron chi connectivity index (χ4n) is 0. The second-order valence-electron chi connectivity index (χ2n) is 0.358. The van der Waals surface area contributed by atoms with Crippen molar-refractivity contribution in [2.75, 3.05) is 0 Å². The van der Waals surface area contributed by atoms with Crippen LogP contribution in [0.2, 0.25) is 0 Å². The van der Waals surface area contributed by atoms with Gasteiger partial charge in [-0.05, 0) is 0 Å². The molecule has 0 aromatic rings. The van der Waals surface area contributed by atoms with Gasteiger partial charge in [-0.15, -0.1) is 0 Å². The van der Waals surface area contributed by atoms with E-state index in [1.165, 1.54) is 19.6 Å². The van der Waals surface area contributed by atoms with E-state index in [1.54, 1.807) is 0 Å². The van der Waals surface area contributed by atoms with Gasteiger partial charge in [0, 0.05) is 0 Å². The third kappa shape index (κ3) is 367. The van der Waals surface area contributed by atoms with Crippen molar-refractivity contribution in [2.24, 2.45) is 0 Å². The summed E-state index contributed by atoms with van der Waals surface area (Å²) in [6.45, 7) is 0. The predicted molar refractivity (Wildman–Crippen MR) is 41.7 cm³/mol. The molecule has 82 valence electrons. The van der Waals surface area contributed by atoms with Gasteiger partial charge in [0.1, 0.15) is 0 Å². The van der Waals surface area contributed by atoms with Crippen LogP contribution in [0, 0.1) is 0 Å². The molecule has 0 aromatic carbocycles. The molecule has 0 aromatic heterocycles. The van der Waals surface area contributed by atoms with Gasteiger partial charge < -0.3 is 44.2 Å². The van der Waals surface area contributed by atoms with Gasteiger partial charge in [-0.25, -0.2) is 0 Å². The number of nitrogens with zero attached hydrogens (tertiary/aromatic N) is 12. The van der Waals surface area contributed by atoms with E-state index >= 15 is 0 Å². The minimum atomic E-state index is 1.06. The molecule has 16 heteroatoms. The van der Waals surface area contributed by atoms with E-state index in [2.05, 4.69) is 0 Å². The summed E-state index contributed by atoms with van der Waals surface area (Å²) >= 11 is 2.12. The molecule has 0 spiro atoms. The molecule has 0 bridgehead atoms. The minimum absolute atomic E-state index is 1.06. The second-order valence-corrected chi connectivity index (χ2v) is 0.358. The van der Waals surface area contributed by atoms with Crippen LogP contribution in [0.25, 0.3) is 63.9 Å². The zero-order valence-corrected chi connectivity index (χ0v) is 9.87. The summed E-state index contributed by atoms with van der Waals surface area (Å²) in [5.41, 5.74) is 54.0. The van der Waals surface area contributed by atoms with Gasteiger partial charge in [-0.1, -0.05) is 0 Å². The average molecular weight is 302 g/mol. The van der Waals surface area contributed by atoms with Crippen LogP contribution in [-0.2, 0) is 42.1 Å². The van der Waals surface area contributed by atoms with E-state index in [-0.39, 0.29) is 0 Å². The van der Waals surface area contributed by atoms with E-state index in [0.29, 0.717) is 0 Å². The molecule has 0 N–H and O–H groups in total. The molecule has 0 unspecified atom stereocenters. The SMILES string of the molecule is [N-]=[N+]=[N-].[N-]=[N+]=[N-].[N-]=[N+]=[N-].[N-]=[N+]=[N-].[O]=[V+2].[O]=[V+2]. The van der Waals surface area contributed by atoms with Crippen LogP contribution in [0.3, 0.4) is 0 Å². The van der Waals surface area contributed by atoms with Gasteiger partial charge in [0.25, 0.3) is 0 Å². The summed E-state index contributed by atoms with van der Waals surface area (Å²) in [5.74, 6) is 0. The Morgan fingerprint density at radius 3 is 0.438 bits per heavy atom. The van der Waals surface area contributed by atoms with Crippen molar-refractivity contribution < 1.29 is 42.1 Å². The Labute approximate surface area is 106 Å². The molecule has 0 atom stereocenters. The third-order valence-electron chi connectivity index (χ3n) is 0. The Hall–Kier alpha value is -1.99. The first-order chi connectivity index (χ1) is 7.66. The molecule has 0 aliphatic carbocycles. The van der Waals surface area contributed by atoms with Gasteiger partial charge >= 0.3 is 42.1 Å². The zero-order chi connectivity index (χ0) is 14.8. The summed E-state index contributed by atoms with van der Waals surface area (Å²) < 4.78 is 16.4. The monoisotopic (exact) mass is 302 g/mol. The summed E-state index contributed by atoms with van der Waals surface area (Å²) in [6.07, 6.45) is 0. The van der Waals surface area contributed by atoms with Crippen LogP contribution < -0.4 is 0 Å². The van der Waals surface area contributed by atoms with Crippen LogP contribution in [-0.4, -0.2) is 0 Å². The fourth-order valence-corrected chi connectivity index (χ4v) is 0. The van der Waals surface area contributed by atoms with Crippen molar-refractivity contribution in [3.05, 3.63) is 63.9 Å². The molecule has 14 nitrogen and oxygen atoms in total. The predicted octanol–water partition coefficient (Wildman–Crippen LogP) is 3.22. The number of rotatable bonds is 0. The van der Waals surface area contributed by atoms with Crippen molar-refractivity contribution >= 4 is 0 Å². The normalized spacial score (nSPS) is 2.75. The summed E-state index contributed by atoms with van der Waals surface area (Å²) in [6, 6.07) is 0. The fraction of sp³-hybridized carbons (Fsp3) is 0. The molecule has 0 aliphatic rings. The van der Waals surface area contributed by atoms with Crippen LogP contribution in [0.4, 0.5) is 0 Å². The van der Waals surface area contributed by atoms with E-state index in [9.17, 15) is 0 Å². The zero-order valence-electron chi connectivity index (χ0n) is 7.08. The van der Waals surface area contributed by atoms with Gasteiger partial charge in [-0.3, -0.25) is 19.6 Å². The molecule has 0 aliphatic heterocycles. The Morgan fingerprint density at radius 2 is 0.438 bits per heavy atom. The molecular weight excluding hydrogens is 302 g/mol. The molecule has 0 saturated heterocycles. The summed E-state index contributed by atoms with van der Waals surface area (Å²) in [7, 11) is 0. The molecule has 16 heavy (non-hydrogen) atoms. The topological polar surface area (TPSA) is 269 Å². The molecule has 0 amide bonds. The standard InChI is InChI=1S/4N3.2O.2V/c4*1-3-2;;;;/q4*-1;;;2*+2. The van der Waals surface area contributed by atoms with Gasteiger partial charge in [0.2, 0.25) is 0 Å². The van der Waals surface area contributed by atoms with E-state index in [1.807, 2.05) is 0 Å². The first-order valence-electron chi connectivity index (χ1n) is 1.97. The van der Waals surface area contributed by atoms with E-state index < -0.39 is 0 Å². The molecule has 0 rings (SSSR count). The van der Waals surface area contributed by atoms with Crippen LogP contribution >= 0.6 is 0 Å². The van der Waals surface area contributed by atoms with E-state index in [4.69, 9.17) is 51.6 Å². The average Bonchev–Trinajstić information content (AvgIpc) is 2.27. The first-order valence-corrected chi connectivity index (χ1v) is 3.11. The van der Waals surface area contributed by atoms with Crippen LogP contribution in [0.5, 0.6) is 0 Å².